The molecule has 3 heteroatoms. The van der Waals surface area contributed by atoms with Gasteiger partial charge in [-0.15, -0.1) is 0 Å². The zero-order chi connectivity index (χ0) is 38.9. The Morgan fingerprint density at radius 1 is 0.571 bits per heavy atom. The van der Waals surface area contributed by atoms with E-state index in [0.29, 0.717) is 0 Å². The third-order valence-corrected chi connectivity index (χ3v) is 13.4. The molecule has 0 aromatic heterocycles. The molecule has 6 aromatic rings. The van der Waals surface area contributed by atoms with Crippen LogP contribution in [-0.2, 0) is 37.6 Å². The summed E-state index contributed by atoms with van der Waals surface area (Å²) in [6, 6.07) is 42.8. The third-order valence-electron chi connectivity index (χ3n) is 13.4. The number of rotatable bonds is 4. The van der Waals surface area contributed by atoms with Crippen LogP contribution < -0.4 is 26.2 Å². The van der Waals surface area contributed by atoms with Crippen molar-refractivity contribution in [1.82, 2.24) is 0 Å². The molecule has 2 nitrogen and oxygen atoms in total. The molecule has 0 bridgehead atoms. The average Bonchev–Trinajstić information content (AvgIpc) is 3.62. The SMILES string of the molecule is Cc1cc2c3c(c1)N(c1ccccc1C)c1cc4c(cc1B3c1cc3c(cc1N2Cc1ccc(C(C)(C)C)cc1-c1ccccc1)CC(C)(C)C3)CC(C)(C)C4. The van der Waals surface area contributed by atoms with Crippen molar-refractivity contribution in [3.63, 3.8) is 0 Å². The number of anilines is 5. The van der Waals surface area contributed by atoms with Gasteiger partial charge in [-0.2, -0.15) is 0 Å². The van der Waals surface area contributed by atoms with Crippen molar-refractivity contribution in [2.24, 2.45) is 10.8 Å². The van der Waals surface area contributed by atoms with Crippen LogP contribution in [0, 0.1) is 24.7 Å². The number of hydrogen-bond donors (Lipinski definition) is 0. The molecule has 0 amide bonds. The van der Waals surface area contributed by atoms with Crippen LogP contribution in [0.25, 0.3) is 11.1 Å². The molecule has 0 atom stereocenters. The molecule has 4 aliphatic rings. The standard InChI is InChI=1S/C53H55BN2/c1-33-21-48-50-49(22-33)56(45-18-14-13-15-34(45)2)47-26-40-31-53(8,9)29-38(40)24-44(47)54(50)43-23-37-28-52(6,7)30-39(37)25-46(43)55(48)32-36-19-20-41(51(3,4)5)27-42(36)35-16-11-10-12-17-35/h10-27H,28-32H2,1-9H3. The molecule has 6 aromatic carbocycles. The molecular weight excluding hydrogens is 675 g/mol. The van der Waals surface area contributed by atoms with Crippen molar-refractivity contribution in [3.05, 3.63) is 154 Å². The molecule has 0 spiro atoms. The molecule has 0 radical (unpaired) electrons. The van der Waals surface area contributed by atoms with E-state index in [1.54, 1.807) is 0 Å². The van der Waals surface area contributed by atoms with Gasteiger partial charge >= 0.3 is 0 Å². The molecule has 56 heavy (non-hydrogen) atoms. The van der Waals surface area contributed by atoms with E-state index in [2.05, 4.69) is 181 Å². The molecule has 2 aliphatic heterocycles. The quantitative estimate of drug-likeness (QED) is 0.166. The van der Waals surface area contributed by atoms with Gasteiger partial charge in [0.1, 0.15) is 0 Å². The van der Waals surface area contributed by atoms with Gasteiger partial charge in [0.2, 0.25) is 0 Å². The van der Waals surface area contributed by atoms with Crippen molar-refractivity contribution in [1.29, 1.82) is 0 Å². The summed E-state index contributed by atoms with van der Waals surface area (Å²) in [5.41, 5.74) is 25.7. The summed E-state index contributed by atoms with van der Waals surface area (Å²) in [5.74, 6) is 0. The zero-order valence-corrected chi connectivity index (χ0v) is 34.9. The van der Waals surface area contributed by atoms with E-state index >= 15 is 0 Å². The molecule has 2 aliphatic carbocycles. The summed E-state index contributed by atoms with van der Waals surface area (Å²) in [5, 5.41) is 0. The first kappa shape index (κ1) is 35.4. The molecular formula is C53H55BN2. The largest absolute Gasteiger partial charge is 0.338 e. The first-order valence-corrected chi connectivity index (χ1v) is 20.9. The fourth-order valence-corrected chi connectivity index (χ4v) is 10.8. The number of nitrogens with zero attached hydrogens (tertiary/aromatic N) is 2. The van der Waals surface area contributed by atoms with Gasteiger partial charge in [-0.05, 0) is 158 Å². The van der Waals surface area contributed by atoms with Gasteiger partial charge in [0, 0.05) is 35.0 Å². The molecule has 0 saturated carbocycles. The lowest BCUT2D eigenvalue weighted by molar-refractivity contribution is 0.392. The minimum Gasteiger partial charge on any atom is -0.338 e. The summed E-state index contributed by atoms with van der Waals surface area (Å²) in [7, 11) is 0. The van der Waals surface area contributed by atoms with E-state index in [4.69, 9.17) is 0 Å². The van der Waals surface area contributed by atoms with Crippen LogP contribution in [0.1, 0.15) is 93.0 Å². The minimum atomic E-state index is 0.0534. The van der Waals surface area contributed by atoms with E-state index in [1.807, 2.05) is 0 Å². The molecule has 0 saturated heterocycles. The van der Waals surface area contributed by atoms with Crippen LogP contribution >= 0.6 is 0 Å². The Balaban J connectivity index is 1.25. The van der Waals surface area contributed by atoms with Crippen molar-refractivity contribution in [3.8, 4) is 11.1 Å². The van der Waals surface area contributed by atoms with Crippen LogP contribution in [0.2, 0.25) is 0 Å². The van der Waals surface area contributed by atoms with E-state index in [0.717, 1.165) is 32.2 Å². The van der Waals surface area contributed by atoms with Crippen LogP contribution in [-0.4, -0.2) is 6.71 Å². The van der Waals surface area contributed by atoms with Crippen molar-refractivity contribution >= 4 is 51.5 Å². The predicted octanol–water partition coefficient (Wildman–Crippen LogP) is 11.5. The summed E-state index contributed by atoms with van der Waals surface area (Å²) in [4.78, 5) is 5.34. The lowest BCUT2D eigenvalue weighted by Gasteiger charge is -2.45. The maximum Gasteiger partial charge on any atom is 0.252 e. The van der Waals surface area contributed by atoms with Gasteiger partial charge in [-0.1, -0.05) is 127 Å². The lowest BCUT2D eigenvalue weighted by Crippen LogP contribution is -2.62. The van der Waals surface area contributed by atoms with Crippen molar-refractivity contribution in [2.75, 3.05) is 9.80 Å². The van der Waals surface area contributed by atoms with Gasteiger partial charge in [0.05, 0.1) is 0 Å². The van der Waals surface area contributed by atoms with E-state index in [9.17, 15) is 0 Å². The fraction of sp³-hybridized carbons (Fsp3) is 0.321. The Morgan fingerprint density at radius 2 is 1.14 bits per heavy atom. The maximum absolute atomic E-state index is 2.71. The highest BCUT2D eigenvalue weighted by molar-refractivity contribution is 7.00. The number of para-hydroxylation sites is 1. The maximum atomic E-state index is 2.71. The van der Waals surface area contributed by atoms with Gasteiger partial charge in [-0.25, -0.2) is 0 Å². The molecule has 280 valence electrons. The van der Waals surface area contributed by atoms with Crippen LogP contribution in [0.15, 0.2) is 109 Å². The summed E-state index contributed by atoms with van der Waals surface area (Å²) in [6.07, 6.45) is 4.50. The Morgan fingerprint density at radius 3 is 1.79 bits per heavy atom. The highest BCUT2D eigenvalue weighted by Crippen LogP contribution is 2.48. The molecule has 0 unspecified atom stereocenters. The Labute approximate surface area is 335 Å². The number of aryl methyl sites for hydroxylation is 2. The normalized spacial score (nSPS) is 17.0. The second kappa shape index (κ2) is 12.2. The molecule has 10 rings (SSSR count). The summed E-state index contributed by atoms with van der Waals surface area (Å²) in [6.45, 7) is 22.3. The molecule has 2 heterocycles. The van der Waals surface area contributed by atoms with Gasteiger partial charge in [-0.3, -0.25) is 0 Å². The van der Waals surface area contributed by atoms with Gasteiger partial charge in [0.25, 0.3) is 6.71 Å². The van der Waals surface area contributed by atoms with Gasteiger partial charge < -0.3 is 9.80 Å². The Bertz CT molecular complexity index is 2590. The average molecular weight is 731 g/mol. The van der Waals surface area contributed by atoms with Crippen molar-refractivity contribution < 1.29 is 0 Å². The van der Waals surface area contributed by atoms with E-state index in [1.165, 1.54) is 100 Å². The summed E-state index contributed by atoms with van der Waals surface area (Å²) < 4.78 is 0. The second-order valence-electron chi connectivity index (χ2n) is 20.2. The topological polar surface area (TPSA) is 6.48 Å². The Kier molecular flexibility index (Phi) is 7.74. The van der Waals surface area contributed by atoms with E-state index < -0.39 is 0 Å². The van der Waals surface area contributed by atoms with Crippen LogP contribution in [0.5, 0.6) is 0 Å². The smallest absolute Gasteiger partial charge is 0.252 e. The second-order valence-corrected chi connectivity index (χ2v) is 20.2. The zero-order valence-electron chi connectivity index (χ0n) is 34.9. The Hall–Kier alpha value is -5.02. The molecule has 0 fully saturated rings. The minimum absolute atomic E-state index is 0.0534. The number of fused-ring (bicyclic) bond motifs is 6. The lowest BCUT2D eigenvalue weighted by atomic mass is 9.33. The first-order chi connectivity index (χ1) is 26.6. The number of hydrogen-bond acceptors (Lipinski definition) is 2. The van der Waals surface area contributed by atoms with Gasteiger partial charge in [0.15, 0.2) is 0 Å². The van der Waals surface area contributed by atoms with Crippen LogP contribution in [0.4, 0.5) is 28.4 Å². The van der Waals surface area contributed by atoms with Crippen molar-refractivity contribution in [2.45, 2.75) is 100.0 Å². The predicted molar refractivity (Wildman–Crippen MR) is 240 cm³/mol. The number of benzene rings is 6. The monoisotopic (exact) mass is 730 g/mol. The third kappa shape index (κ3) is 5.67. The van der Waals surface area contributed by atoms with E-state index in [-0.39, 0.29) is 23.0 Å². The molecule has 0 N–H and O–H groups in total. The van der Waals surface area contributed by atoms with Crippen LogP contribution in [0.3, 0.4) is 0 Å². The fourth-order valence-electron chi connectivity index (χ4n) is 10.8. The highest BCUT2D eigenvalue weighted by atomic mass is 15.2. The summed E-state index contributed by atoms with van der Waals surface area (Å²) >= 11 is 0. The highest BCUT2D eigenvalue weighted by Gasteiger charge is 2.46. The first-order valence-electron chi connectivity index (χ1n) is 20.9.